The fourth-order valence-corrected chi connectivity index (χ4v) is 2.74. The fraction of sp³-hybridized carbons (Fsp3) is 0.286. The normalized spacial score (nSPS) is 12.5. The van der Waals surface area contributed by atoms with Crippen LogP contribution < -0.4 is 5.32 Å². The average Bonchev–Trinajstić information content (AvgIpc) is 2.88. The van der Waals surface area contributed by atoms with Crippen molar-refractivity contribution in [3.63, 3.8) is 0 Å². The molecule has 2 aromatic rings. The molecule has 0 radical (unpaired) electrons. The molecule has 0 aliphatic heterocycles. The number of phenols is 2. The Kier molecular flexibility index (Phi) is 4.23. The molecule has 0 amide bonds. The van der Waals surface area contributed by atoms with Gasteiger partial charge in [-0.2, -0.15) is 0 Å². The first-order valence-corrected chi connectivity index (χ1v) is 6.86. The molecule has 0 saturated heterocycles. The first-order chi connectivity index (χ1) is 8.70. The number of rotatable bonds is 5. The summed E-state index contributed by atoms with van der Waals surface area (Å²) in [7, 11) is 0. The van der Waals surface area contributed by atoms with Gasteiger partial charge in [0.15, 0.2) is 11.5 Å². The molecule has 0 aliphatic carbocycles. The minimum absolute atomic E-state index is 0.0709. The summed E-state index contributed by atoms with van der Waals surface area (Å²) in [6.45, 7) is 2.82. The zero-order valence-electron chi connectivity index (χ0n) is 10.3. The van der Waals surface area contributed by atoms with Crippen molar-refractivity contribution in [3.8, 4) is 11.5 Å². The van der Waals surface area contributed by atoms with Gasteiger partial charge in [-0.3, -0.25) is 0 Å². The summed E-state index contributed by atoms with van der Waals surface area (Å²) in [6, 6.07) is 9.42. The number of benzene rings is 1. The molecule has 0 saturated carbocycles. The molecule has 0 aliphatic rings. The lowest BCUT2D eigenvalue weighted by molar-refractivity contribution is 0.402. The van der Waals surface area contributed by atoms with Crippen molar-refractivity contribution < 1.29 is 10.2 Å². The van der Waals surface area contributed by atoms with Gasteiger partial charge in [-0.1, -0.05) is 19.1 Å². The van der Waals surface area contributed by atoms with Crippen molar-refractivity contribution in [1.82, 2.24) is 5.32 Å². The molecule has 0 spiro atoms. The second kappa shape index (κ2) is 5.89. The lowest BCUT2D eigenvalue weighted by Crippen LogP contribution is -2.19. The molecule has 3 nitrogen and oxygen atoms in total. The lowest BCUT2D eigenvalue weighted by atomic mass is 10.1. The molecule has 1 aromatic carbocycles. The molecule has 1 atom stereocenters. The zero-order valence-corrected chi connectivity index (χ0v) is 11.1. The first kappa shape index (κ1) is 12.9. The van der Waals surface area contributed by atoms with Crippen molar-refractivity contribution in [2.24, 2.45) is 0 Å². The van der Waals surface area contributed by atoms with Gasteiger partial charge in [-0.15, -0.1) is 11.3 Å². The number of aromatic hydroxyl groups is 2. The van der Waals surface area contributed by atoms with Crippen LogP contribution in [0.1, 0.15) is 29.8 Å². The zero-order chi connectivity index (χ0) is 13.0. The summed E-state index contributed by atoms with van der Waals surface area (Å²) in [5.41, 5.74) is 0.959. The van der Waals surface area contributed by atoms with Crippen LogP contribution in [0.5, 0.6) is 11.5 Å². The highest BCUT2D eigenvalue weighted by Crippen LogP contribution is 2.26. The highest BCUT2D eigenvalue weighted by molar-refractivity contribution is 7.10. The van der Waals surface area contributed by atoms with Crippen LogP contribution in [-0.4, -0.2) is 10.2 Å². The van der Waals surface area contributed by atoms with E-state index in [1.54, 1.807) is 17.4 Å². The maximum atomic E-state index is 9.43. The number of thiophene rings is 1. The van der Waals surface area contributed by atoms with Crippen LogP contribution in [0.4, 0.5) is 0 Å². The van der Waals surface area contributed by atoms with Gasteiger partial charge in [0.05, 0.1) is 0 Å². The van der Waals surface area contributed by atoms with E-state index in [0.717, 1.165) is 12.0 Å². The molecule has 1 heterocycles. The van der Waals surface area contributed by atoms with Crippen molar-refractivity contribution in [2.45, 2.75) is 25.9 Å². The second-order valence-electron chi connectivity index (χ2n) is 4.18. The monoisotopic (exact) mass is 263 g/mol. The van der Waals surface area contributed by atoms with Gasteiger partial charge >= 0.3 is 0 Å². The summed E-state index contributed by atoms with van der Waals surface area (Å²) in [5.74, 6) is -0.150. The Hall–Kier alpha value is -1.52. The van der Waals surface area contributed by atoms with Gasteiger partial charge in [-0.25, -0.2) is 0 Å². The Morgan fingerprint density at radius 2 is 2.06 bits per heavy atom. The van der Waals surface area contributed by atoms with Crippen LogP contribution in [0.15, 0.2) is 35.7 Å². The molecule has 18 heavy (non-hydrogen) atoms. The molecule has 2 rings (SSSR count). The predicted octanol–water partition coefficient (Wildman–Crippen LogP) is 3.40. The van der Waals surface area contributed by atoms with E-state index in [1.807, 2.05) is 6.07 Å². The van der Waals surface area contributed by atoms with E-state index in [4.69, 9.17) is 0 Å². The van der Waals surface area contributed by atoms with E-state index in [2.05, 4.69) is 29.8 Å². The molecule has 4 heteroatoms. The topological polar surface area (TPSA) is 52.5 Å². The summed E-state index contributed by atoms with van der Waals surface area (Å²) in [5, 5.41) is 24.2. The van der Waals surface area contributed by atoms with Crippen LogP contribution in [0.25, 0.3) is 0 Å². The van der Waals surface area contributed by atoms with Gasteiger partial charge < -0.3 is 15.5 Å². The molecule has 0 fully saturated rings. The highest BCUT2D eigenvalue weighted by atomic mass is 32.1. The molecule has 96 valence electrons. The van der Waals surface area contributed by atoms with Crippen molar-refractivity contribution in [1.29, 1.82) is 0 Å². The summed E-state index contributed by atoms with van der Waals surface area (Å²) < 4.78 is 0. The van der Waals surface area contributed by atoms with E-state index in [9.17, 15) is 10.2 Å². The molecule has 1 aromatic heterocycles. The molecule has 1 unspecified atom stereocenters. The van der Waals surface area contributed by atoms with E-state index in [1.165, 1.54) is 10.9 Å². The number of hydrogen-bond acceptors (Lipinski definition) is 4. The molecule has 0 bridgehead atoms. The van der Waals surface area contributed by atoms with E-state index < -0.39 is 0 Å². The smallest absolute Gasteiger partial charge is 0.157 e. The first-order valence-electron chi connectivity index (χ1n) is 5.98. The van der Waals surface area contributed by atoms with Gasteiger partial charge in [-0.05, 0) is 35.6 Å². The third-order valence-electron chi connectivity index (χ3n) is 2.89. The van der Waals surface area contributed by atoms with Crippen LogP contribution in [0.2, 0.25) is 0 Å². The number of phenolic OH excluding ortho intramolecular Hbond substituents is 2. The van der Waals surface area contributed by atoms with Crippen molar-refractivity contribution in [3.05, 3.63) is 46.2 Å². The number of hydrogen-bond donors (Lipinski definition) is 3. The highest BCUT2D eigenvalue weighted by Gasteiger charge is 2.09. The van der Waals surface area contributed by atoms with Gasteiger partial charge in [0.25, 0.3) is 0 Å². The Labute approximate surface area is 111 Å². The van der Waals surface area contributed by atoms with Gasteiger partial charge in [0.1, 0.15) is 0 Å². The molecular weight excluding hydrogens is 246 g/mol. The number of nitrogens with one attached hydrogen (secondary N) is 1. The average molecular weight is 263 g/mol. The van der Waals surface area contributed by atoms with Gasteiger partial charge in [0.2, 0.25) is 0 Å². The summed E-state index contributed by atoms with van der Waals surface area (Å²) in [6.07, 6.45) is 1.02. The SMILES string of the molecule is CCC(NCc1ccc(O)c(O)c1)c1cccs1. The van der Waals surface area contributed by atoms with Crippen LogP contribution in [-0.2, 0) is 6.54 Å². The Bertz CT molecular complexity index is 497. The van der Waals surface area contributed by atoms with E-state index in [0.29, 0.717) is 12.6 Å². The quantitative estimate of drug-likeness (QED) is 0.725. The van der Waals surface area contributed by atoms with Crippen molar-refractivity contribution >= 4 is 11.3 Å². The summed E-state index contributed by atoms with van der Waals surface area (Å²) in [4.78, 5) is 1.32. The predicted molar refractivity (Wildman–Crippen MR) is 74.0 cm³/mol. The Morgan fingerprint density at radius 1 is 1.22 bits per heavy atom. The standard InChI is InChI=1S/C14H17NO2S/c1-2-11(14-4-3-7-18-14)15-9-10-5-6-12(16)13(17)8-10/h3-8,11,15-17H,2,9H2,1H3. The minimum atomic E-state index is -0.0796. The largest absolute Gasteiger partial charge is 0.504 e. The second-order valence-corrected chi connectivity index (χ2v) is 5.16. The third kappa shape index (κ3) is 3.03. The van der Waals surface area contributed by atoms with E-state index >= 15 is 0 Å². The van der Waals surface area contributed by atoms with Crippen molar-refractivity contribution in [2.75, 3.05) is 0 Å². The third-order valence-corrected chi connectivity index (χ3v) is 3.87. The van der Waals surface area contributed by atoms with Crippen LogP contribution >= 0.6 is 11.3 Å². The van der Waals surface area contributed by atoms with Crippen LogP contribution in [0, 0.1) is 0 Å². The molecule has 3 N–H and O–H groups in total. The lowest BCUT2D eigenvalue weighted by Gasteiger charge is -2.15. The maximum absolute atomic E-state index is 9.43. The Balaban J connectivity index is 1.99. The fourth-order valence-electron chi connectivity index (χ4n) is 1.86. The Morgan fingerprint density at radius 3 is 2.67 bits per heavy atom. The molecular formula is C14H17NO2S. The van der Waals surface area contributed by atoms with Gasteiger partial charge in [0, 0.05) is 17.5 Å². The van der Waals surface area contributed by atoms with E-state index in [-0.39, 0.29) is 11.5 Å². The maximum Gasteiger partial charge on any atom is 0.157 e. The minimum Gasteiger partial charge on any atom is -0.504 e. The van der Waals surface area contributed by atoms with Crippen LogP contribution in [0.3, 0.4) is 0 Å². The summed E-state index contributed by atoms with van der Waals surface area (Å²) >= 11 is 1.74.